The van der Waals surface area contributed by atoms with Gasteiger partial charge in [0.25, 0.3) is 5.91 Å². The zero-order valence-corrected chi connectivity index (χ0v) is 14.1. The number of anilines is 1. The molecule has 0 aliphatic heterocycles. The fraction of sp³-hybridized carbons (Fsp3) is 0.158. The summed E-state index contributed by atoms with van der Waals surface area (Å²) < 4.78 is 0.991. The fourth-order valence-corrected chi connectivity index (χ4v) is 3.46. The molecule has 1 N–H and O–H groups in total. The van der Waals surface area contributed by atoms with Crippen LogP contribution in [0.2, 0.25) is 0 Å². The molecular formula is C19H15BrN2O. The van der Waals surface area contributed by atoms with Gasteiger partial charge in [0.15, 0.2) is 0 Å². The monoisotopic (exact) mass is 366 g/mol. The lowest BCUT2D eigenvalue weighted by Crippen LogP contribution is -2.15. The van der Waals surface area contributed by atoms with E-state index in [0.29, 0.717) is 0 Å². The van der Waals surface area contributed by atoms with E-state index in [-0.39, 0.29) is 5.91 Å². The van der Waals surface area contributed by atoms with Crippen molar-refractivity contribution in [1.82, 2.24) is 4.98 Å². The highest BCUT2D eigenvalue weighted by molar-refractivity contribution is 9.10. The Morgan fingerprint density at radius 3 is 2.65 bits per heavy atom. The maximum absolute atomic E-state index is 12.9. The highest BCUT2D eigenvalue weighted by Crippen LogP contribution is 2.30. The summed E-state index contributed by atoms with van der Waals surface area (Å²) in [6, 6.07) is 15.5. The zero-order chi connectivity index (χ0) is 15.8. The van der Waals surface area contributed by atoms with E-state index in [2.05, 4.69) is 21.2 Å². The van der Waals surface area contributed by atoms with Gasteiger partial charge in [0.2, 0.25) is 0 Å². The number of aryl methyl sites for hydroxylation is 1. The number of amides is 1. The van der Waals surface area contributed by atoms with Gasteiger partial charge in [0.05, 0.1) is 11.1 Å². The number of rotatable bonds is 2. The first-order valence-corrected chi connectivity index (χ1v) is 8.49. The summed E-state index contributed by atoms with van der Waals surface area (Å²) in [6.45, 7) is 0. The predicted molar refractivity (Wildman–Crippen MR) is 95.9 cm³/mol. The van der Waals surface area contributed by atoms with Gasteiger partial charge in [0, 0.05) is 21.2 Å². The maximum Gasteiger partial charge on any atom is 0.256 e. The van der Waals surface area contributed by atoms with Gasteiger partial charge in [-0.3, -0.25) is 9.78 Å². The van der Waals surface area contributed by atoms with Crippen molar-refractivity contribution >= 4 is 38.4 Å². The van der Waals surface area contributed by atoms with Crippen molar-refractivity contribution in [3.8, 4) is 0 Å². The van der Waals surface area contributed by atoms with Gasteiger partial charge in [-0.25, -0.2) is 0 Å². The Morgan fingerprint density at radius 1 is 1.04 bits per heavy atom. The minimum atomic E-state index is -0.0518. The summed E-state index contributed by atoms with van der Waals surface area (Å²) in [5.41, 5.74) is 4.66. The maximum atomic E-state index is 12.9. The van der Waals surface area contributed by atoms with Crippen molar-refractivity contribution < 1.29 is 4.79 Å². The molecule has 2 aromatic carbocycles. The summed E-state index contributed by atoms with van der Waals surface area (Å²) in [4.78, 5) is 17.7. The standard InChI is InChI=1S/C19H15BrN2O/c20-12-8-10-13(11-9-12)21-19(23)18-14-4-1-2-6-16(14)22-17-7-3-5-15(17)18/h1-2,4,6,8-11H,3,5,7H2,(H,21,23). The molecule has 4 rings (SSSR count). The summed E-state index contributed by atoms with van der Waals surface area (Å²) in [5, 5.41) is 3.95. The Hall–Kier alpha value is -2.20. The topological polar surface area (TPSA) is 42.0 Å². The molecule has 4 heteroatoms. The average molecular weight is 367 g/mol. The molecule has 0 spiro atoms. The molecular weight excluding hydrogens is 352 g/mol. The average Bonchev–Trinajstić information content (AvgIpc) is 3.02. The van der Waals surface area contributed by atoms with Crippen molar-refractivity contribution in [1.29, 1.82) is 0 Å². The van der Waals surface area contributed by atoms with Gasteiger partial charge in [-0.05, 0) is 55.2 Å². The molecule has 1 aromatic heterocycles. The molecule has 0 atom stereocenters. The van der Waals surface area contributed by atoms with Crippen molar-refractivity contribution in [3.63, 3.8) is 0 Å². The number of hydrogen-bond acceptors (Lipinski definition) is 2. The number of aromatic nitrogens is 1. The first-order chi connectivity index (χ1) is 11.2. The Labute approximate surface area is 142 Å². The van der Waals surface area contributed by atoms with E-state index < -0.39 is 0 Å². The molecule has 0 fully saturated rings. The minimum Gasteiger partial charge on any atom is -0.322 e. The van der Waals surface area contributed by atoms with Gasteiger partial charge >= 0.3 is 0 Å². The third-order valence-electron chi connectivity index (χ3n) is 4.25. The summed E-state index contributed by atoms with van der Waals surface area (Å²) in [7, 11) is 0. The molecule has 3 aromatic rings. The minimum absolute atomic E-state index is 0.0518. The van der Waals surface area contributed by atoms with Crippen LogP contribution in [0.4, 0.5) is 5.69 Å². The summed E-state index contributed by atoms with van der Waals surface area (Å²) >= 11 is 3.41. The van der Waals surface area contributed by atoms with E-state index in [1.165, 1.54) is 0 Å². The van der Waals surface area contributed by atoms with Crippen LogP contribution in [0.25, 0.3) is 10.9 Å². The van der Waals surface area contributed by atoms with E-state index in [1.807, 2.05) is 48.5 Å². The summed E-state index contributed by atoms with van der Waals surface area (Å²) in [6.07, 6.45) is 2.95. The molecule has 114 valence electrons. The number of fused-ring (bicyclic) bond motifs is 2. The van der Waals surface area contributed by atoms with E-state index in [0.717, 1.165) is 57.1 Å². The third-order valence-corrected chi connectivity index (χ3v) is 4.78. The van der Waals surface area contributed by atoms with Crippen molar-refractivity contribution in [2.75, 3.05) is 5.32 Å². The molecule has 0 radical (unpaired) electrons. The van der Waals surface area contributed by atoms with Crippen molar-refractivity contribution in [2.24, 2.45) is 0 Å². The molecule has 23 heavy (non-hydrogen) atoms. The second-order valence-corrected chi connectivity index (χ2v) is 6.66. The Kier molecular flexibility index (Phi) is 3.62. The number of para-hydroxylation sites is 1. The third kappa shape index (κ3) is 2.63. The highest BCUT2D eigenvalue weighted by Gasteiger charge is 2.23. The smallest absolute Gasteiger partial charge is 0.256 e. The second kappa shape index (κ2) is 5.78. The van der Waals surface area contributed by atoms with Gasteiger partial charge < -0.3 is 5.32 Å². The highest BCUT2D eigenvalue weighted by atomic mass is 79.9. The Morgan fingerprint density at radius 2 is 1.83 bits per heavy atom. The lowest BCUT2D eigenvalue weighted by atomic mass is 10.0. The van der Waals surface area contributed by atoms with Crippen LogP contribution in [-0.4, -0.2) is 10.9 Å². The molecule has 0 unspecified atom stereocenters. The molecule has 0 saturated carbocycles. The van der Waals surface area contributed by atoms with Gasteiger partial charge in [-0.15, -0.1) is 0 Å². The predicted octanol–water partition coefficient (Wildman–Crippen LogP) is 4.74. The zero-order valence-electron chi connectivity index (χ0n) is 12.5. The quantitative estimate of drug-likeness (QED) is 0.711. The van der Waals surface area contributed by atoms with Crippen LogP contribution < -0.4 is 5.32 Å². The van der Waals surface area contributed by atoms with Crippen LogP contribution in [0.1, 0.15) is 28.0 Å². The molecule has 3 nitrogen and oxygen atoms in total. The number of nitrogens with zero attached hydrogens (tertiary/aromatic N) is 1. The van der Waals surface area contributed by atoms with Gasteiger partial charge in [-0.2, -0.15) is 0 Å². The number of halogens is 1. The summed E-state index contributed by atoms with van der Waals surface area (Å²) in [5.74, 6) is -0.0518. The Bertz CT molecular complexity index is 903. The lowest BCUT2D eigenvalue weighted by molar-refractivity contribution is 0.102. The van der Waals surface area contributed by atoms with Crippen LogP contribution in [0.15, 0.2) is 53.0 Å². The van der Waals surface area contributed by atoms with E-state index in [9.17, 15) is 4.79 Å². The molecule has 1 aliphatic rings. The lowest BCUT2D eigenvalue weighted by Gasteiger charge is -2.12. The van der Waals surface area contributed by atoms with Gasteiger partial charge in [-0.1, -0.05) is 34.1 Å². The number of carbonyl (C=O) groups is 1. The van der Waals surface area contributed by atoms with E-state index in [4.69, 9.17) is 4.98 Å². The van der Waals surface area contributed by atoms with Crippen molar-refractivity contribution in [2.45, 2.75) is 19.3 Å². The molecule has 1 heterocycles. The number of carbonyl (C=O) groups excluding carboxylic acids is 1. The largest absolute Gasteiger partial charge is 0.322 e. The number of pyridine rings is 1. The first kappa shape index (κ1) is 14.4. The van der Waals surface area contributed by atoms with E-state index in [1.54, 1.807) is 0 Å². The van der Waals surface area contributed by atoms with E-state index >= 15 is 0 Å². The fourth-order valence-electron chi connectivity index (χ4n) is 3.20. The van der Waals surface area contributed by atoms with Crippen LogP contribution in [0, 0.1) is 0 Å². The van der Waals surface area contributed by atoms with Crippen LogP contribution in [0.5, 0.6) is 0 Å². The van der Waals surface area contributed by atoms with Crippen LogP contribution in [0.3, 0.4) is 0 Å². The number of benzene rings is 2. The SMILES string of the molecule is O=C(Nc1ccc(Br)cc1)c1c2c(nc3ccccc13)CCC2. The molecule has 1 aliphatic carbocycles. The number of nitrogens with one attached hydrogen (secondary N) is 1. The van der Waals surface area contributed by atoms with Crippen LogP contribution in [-0.2, 0) is 12.8 Å². The molecule has 0 saturated heterocycles. The molecule has 1 amide bonds. The second-order valence-electron chi connectivity index (χ2n) is 5.74. The van der Waals surface area contributed by atoms with Gasteiger partial charge in [0.1, 0.15) is 0 Å². The first-order valence-electron chi connectivity index (χ1n) is 7.70. The number of hydrogen-bond donors (Lipinski definition) is 1. The van der Waals surface area contributed by atoms with Crippen LogP contribution >= 0.6 is 15.9 Å². The van der Waals surface area contributed by atoms with Crippen molar-refractivity contribution in [3.05, 3.63) is 69.8 Å². The molecule has 0 bridgehead atoms. The Balaban J connectivity index is 1.81. The normalized spacial score (nSPS) is 13.1.